The van der Waals surface area contributed by atoms with Gasteiger partial charge >= 0.3 is 0 Å². The normalized spacial score (nSPS) is 10.3. The van der Waals surface area contributed by atoms with E-state index in [2.05, 4.69) is 15.3 Å². The Morgan fingerprint density at radius 3 is 2.80 bits per heavy atom. The molecule has 106 valence electrons. The van der Waals surface area contributed by atoms with Crippen LogP contribution >= 0.6 is 0 Å². The average molecular weight is 278 g/mol. The zero-order valence-corrected chi connectivity index (χ0v) is 10.9. The fraction of sp³-hybridized carbons (Fsp3) is 0.231. The Hall–Kier alpha value is -2.41. The lowest BCUT2D eigenvalue weighted by molar-refractivity contribution is 0.311. The third-order valence-electron chi connectivity index (χ3n) is 2.61. The summed E-state index contributed by atoms with van der Waals surface area (Å²) in [7, 11) is 1.40. The number of ether oxygens (including phenoxy) is 1. The Morgan fingerprint density at radius 2 is 2.15 bits per heavy atom. The van der Waals surface area contributed by atoms with E-state index < -0.39 is 5.82 Å². The number of hydrogen-bond acceptors (Lipinski definition) is 6. The van der Waals surface area contributed by atoms with Crippen LogP contribution in [0.15, 0.2) is 24.3 Å². The van der Waals surface area contributed by atoms with Crippen LogP contribution in [0.5, 0.6) is 5.75 Å². The quantitative estimate of drug-likeness (QED) is 0.763. The van der Waals surface area contributed by atoms with Gasteiger partial charge in [0.2, 0.25) is 5.95 Å². The fourth-order valence-electron chi connectivity index (χ4n) is 1.71. The van der Waals surface area contributed by atoms with Gasteiger partial charge in [-0.15, -0.1) is 0 Å². The second-order valence-corrected chi connectivity index (χ2v) is 4.00. The van der Waals surface area contributed by atoms with Crippen LogP contribution in [0.4, 0.5) is 16.2 Å². The number of nitrogens with one attached hydrogen (secondary N) is 1. The molecule has 0 saturated carbocycles. The molecule has 0 saturated heterocycles. The van der Waals surface area contributed by atoms with E-state index in [4.69, 9.17) is 15.6 Å². The first-order chi connectivity index (χ1) is 9.63. The predicted molar refractivity (Wildman–Crippen MR) is 74.0 cm³/mol. The van der Waals surface area contributed by atoms with Gasteiger partial charge in [0.1, 0.15) is 5.82 Å². The number of rotatable bonds is 5. The second-order valence-electron chi connectivity index (χ2n) is 4.00. The first kappa shape index (κ1) is 14.0. The van der Waals surface area contributed by atoms with Crippen LogP contribution in [0.2, 0.25) is 0 Å². The molecule has 0 aliphatic heterocycles. The third kappa shape index (κ3) is 3.12. The van der Waals surface area contributed by atoms with Crippen molar-refractivity contribution in [1.82, 2.24) is 9.97 Å². The van der Waals surface area contributed by atoms with E-state index >= 15 is 0 Å². The highest BCUT2D eigenvalue weighted by atomic mass is 19.1. The molecule has 0 atom stereocenters. The largest absolute Gasteiger partial charge is 0.494 e. The minimum atomic E-state index is -0.480. The molecule has 2 aromatic rings. The van der Waals surface area contributed by atoms with E-state index in [1.165, 1.54) is 19.2 Å². The van der Waals surface area contributed by atoms with Crippen molar-refractivity contribution in [3.8, 4) is 17.0 Å². The van der Waals surface area contributed by atoms with Crippen molar-refractivity contribution in [2.24, 2.45) is 0 Å². The zero-order valence-electron chi connectivity index (χ0n) is 10.9. The molecule has 0 aliphatic carbocycles. The SMILES string of the molecule is COc1ccc(-c2cc(NCCO)nc(N)n2)cc1F. The lowest BCUT2D eigenvalue weighted by Gasteiger charge is -2.08. The van der Waals surface area contributed by atoms with E-state index in [9.17, 15) is 4.39 Å². The van der Waals surface area contributed by atoms with Crippen molar-refractivity contribution < 1.29 is 14.2 Å². The number of nitrogens with zero attached hydrogens (tertiary/aromatic N) is 2. The molecule has 0 bridgehead atoms. The van der Waals surface area contributed by atoms with Gasteiger partial charge in [-0.3, -0.25) is 0 Å². The highest BCUT2D eigenvalue weighted by molar-refractivity contribution is 5.65. The molecule has 0 amide bonds. The lowest BCUT2D eigenvalue weighted by atomic mass is 10.1. The highest BCUT2D eigenvalue weighted by Crippen LogP contribution is 2.25. The molecule has 1 aromatic heterocycles. The summed E-state index contributed by atoms with van der Waals surface area (Å²) in [6.45, 7) is 0.309. The summed E-state index contributed by atoms with van der Waals surface area (Å²) in [5.74, 6) is 0.221. The molecule has 1 aromatic carbocycles. The summed E-state index contributed by atoms with van der Waals surface area (Å²) in [5, 5.41) is 11.7. The van der Waals surface area contributed by atoms with Gasteiger partial charge in [-0.2, -0.15) is 4.98 Å². The fourth-order valence-corrected chi connectivity index (χ4v) is 1.71. The van der Waals surface area contributed by atoms with Crippen molar-refractivity contribution in [1.29, 1.82) is 0 Å². The van der Waals surface area contributed by atoms with Crippen molar-refractivity contribution in [2.45, 2.75) is 0 Å². The molecule has 0 spiro atoms. The minimum absolute atomic E-state index is 0.0313. The van der Waals surface area contributed by atoms with Crippen molar-refractivity contribution in [2.75, 3.05) is 31.3 Å². The van der Waals surface area contributed by atoms with Gasteiger partial charge in [0, 0.05) is 18.2 Å². The maximum Gasteiger partial charge on any atom is 0.222 e. The van der Waals surface area contributed by atoms with Crippen LogP contribution in [0.3, 0.4) is 0 Å². The predicted octanol–water partition coefficient (Wildman–Crippen LogP) is 1.28. The molecular formula is C13H15FN4O2. The summed E-state index contributed by atoms with van der Waals surface area (Å²) >= 11 is 0. The molecule has 0 aliphatic rings. The van der Waals surface area contributed by atoms with Crippen molar-refractivity contribution in [3.05, 3.63) is 30.1 Å². The summed E-state index contributed by atoms with van der Waals surface area (Å²) in [5.41, 5.74) is 6.66. The van der Waals surface area contributed by atoms with Gasteiger partial charge in [-0.25, -0.2) is 9.37 Å². The summed E-state index contributed by atoms with van der Waals surface area (Å²) in [6, 6.07) is 6.15. The smallest absolute Gasteiger partial charge is 0.222 e. The average Bonchev–Trinajstić information content (AvgIpc) is 2.44. The maximum absolute atomic E-state index is 13.7. The molecule has 0 fully saturated rings. The number of halogens is 1. The number of anilines is 2. The summed E-state index contributed by atoms with van der Waals surface area (Å²) in [6.07, 6.45) is 0. The Bertz CT molecular complexity index is 607. The van der Waals surface area contributed by atoms with Crippen LogP contribution in [0.1, 0.15) is 0 Å². The molecule has 20 heavy (non-hydrogen) atoms. The molecular weight excluding hydrogens is 263 g/mol. The number of aliphatic hydroxyl groups is 1. The van der Waals surface area contributed by atoms with Crippen LogP contribution in [0.25, 0.3) is 11.3 Å². The van der Waals surface area contributed by atoms with E-state index in [1.54, 1.807) is 12.1 Å². The zero-order chi connectivity index (χ0) is 14.5. The van der Waals surface area contributed by atoms with Gasteiger partial charge in [0.25, 0.3) is 0 Å². The lowest BCUT2D eigenvalue weighted by Crippen LogP contribution is -2.09. The molecule has 2 rings (SSSR count). The van der Waals surface area contributed by atoms with Crippen LogP contribution in [-0.2, 0) is 0 Å². The van der Waals surface area contributed by atoms with Crippen molar-refractivity contribution >= 4 is 11.8 Å². The molecule has 7 heteroatoms. The van der Waals surface area contributed by atoms with Crippen molar-refractivity contribution in [3.63, 3.8) is 0 Å². The first-order valence-electron chi connectivity index (χ1n) is 5.97. The first-order valence-corrected chi connectivity index (χ1v) is 5.97. The Balaban J connectivity index is 2.36. The standard InChI is InChI=1S/C13H15FN4O2/c1-20-11-3-2-8(6-9(11)14)10-7-12(16-4-5-19)18-13(15)17-10/h2-3,6-7,19H,4-5H2,1H3,(H3,15,16,17,18). The van der Waals surface area contributed by atoms with E-state index in [0.717, 1.165) is 0 Å². The van der Waals surface area contributed by atoms with Gasteiger partial charge in [0.15, 0.2) is 11.6 Å². The van der Waals surface area contributed by atoms with Crippen LogP contribution in [0, 0.1) is 5.82 Å². The van der Waals surface area contributed by atoms with E-state index in [1.807, 2.05) is 0 Å². The summed E-state index contributed by atoms with van der Waals surface area (Å²) < 4.78 is 18.6. The highest BCUT2D eigenvalue weighted by Gasteiger charge is 2.08. The van der Waals surface area contributed by atoms with E-state index in [-0.39, 0.29) is 18.3 Å². The van der Waals surface area contributed by atoms with E-state index in [0.29, 0.717) is 23.6 Å². The maximum atomic E-state index is 13.7. The number of aliphatic hydroxyl groups excluding tert-OH is 1. The van der Waals surface area contributed by atoms with Gasteiger partial charge in [0.05, 0.1) is 19.4 Å². The molecule has 4 N–H and O–H groups in total. The number of nitrogens with two attached hydrogens (primary N) is 1. The minimum Gasteiger partial charge on any atom is -0.494 e. The monoisotopic (exact) mass is 278 g/mol. The Kier molecular flexibility index (Phi) is 4.31. The number of nitrogen functional groups attached to an aromatic ring is 1. The third-order valence-corrected chi connectivity index (χ3v) is 2.61. The number of benzene rings is 1. The number of hydrogen-bond donors (Lipinski definition) is 3. The van der Waals surface area contributed by atoms with Crippen LogP contribution < -0.4 is 15.8 Å². The number of aromatic nitrogens is 2. The molecule has 0 radical (unpaired) electrons. The van der Waals surface area contributed by atoms with Crippen LogP contribution in [-0.4, -0.2) is 35.3 Å². The van der Waals surface area contributed by atoms with Gasteiger partial charge in [-0.05, 0) is 18.2 Å². The topological polar surface area (TPSA) is 93.3 Å². The second kappa shape index (κ2) is 6.16. The molecule has 6 nitrogen and oxygen atoms in total. The Morgan fingerprint density at radius 1 is 1.35 bits per heavy atom. The van der Waals surface area contributed by atoms with Gasteiger partial charge < -0.3 is 20.9 Å². The molecule has 0 unspecified atom stereocenters. The summed E-state index contributed by atoms with van der Waals surface area (Å²) in [4.78, 5) is 8.04. The molecule has 1 heterocycles. The van der Waals surface area contributed by atoms with Gasteiger partial charge in [-0.1, -0.05) is 0 Å². The number of methoxy groups -OCH3 is 1. The Labute approximate surface area is 115 Å².